The predicted molar refractivity (Wildman–Crippen MR) is 163 cm³/mol. The number of carbonyl (C=O) groups excluding carboxylic acids is 2. The quantitative estimate of drug-likeness (QED) is 0.281. The maximum absolute atomic E-state index is 14.2. The number of amides is 2. The molecule has 0 heterocycles. The van der Waals surface area contributed by atoms with Gasteiger partial charge in [-0.15, -0.1) is 0 Å². The molecule has 0 bridgehead atoms. The Bertz CT molecular complexity index is 1510. The van der Waals surface area contributed by atoms with Crippen molar-refractivity contribution < 1.29 is 22.4 Å². The van der Waals surface area contributed by atoms with Crippen LogP contribution in [0.1, 0.15) is 55.7 Å². The maximum atomic E-state index is 14.2. The highest BCUT2D eigenvalue weighted by Gasteiger charge is 2.35. The van der Waals surface area contributed by atoms with Crippen molar-refractivity contribution in [1.82, 2.24) is 10.2 Å². The molecule has 7 nitrogen and oxygen atoms in total. The molecule has 1 N–H and O–H groups in total. The summed E-state index contributed by atoms with van der Waals surface area (Å²) in [7, 11) is -4.21. The average molecular weight is 614 g/mol. The van der Waals surface area contributed by atoms with Gasteiger partial charge in [-0.25, -0.2) is 12.8 Å². The van der Waals surface area contributed by atoms with E-state index in [1.54, 1.807) is 49.4 Å². The van der Waals surface area contributed by atoms with Gasteiger partial charge in [-0.3, -0.25) is 13.9 Å². The van der Waals surface area contributed by atoms with Crippen LogP contribution in [0.4, 0.5) is 10.1 Å². The highest BCUT2D eigenvalue weighted by Crippen LogP contribution is 2.31. The minimum Gasteiger partial charge on any atom is -0.352 e. The number of rotatable bonds is 11. The normalized spacial score (nSPS) is 14.4. The number of carbonyl (C=O) groups is 2. The van der Waals surface area contributed by atoms with Crippen LogP contribution in [0.3, 0.4) is 0 Å². The van der Waals surface area contributed by atoms with E-state index >= 15 is 0 Å². The predicted octanol–water partition coefficient (Wildman–Crippen LogP) is 6.16. The number of hydrogen-bond acceptors (Lipinski definition) is 4. The molecule has 4 rings (SSSR count). The molecule has 42 heavy (non-hydrogen) atoms. The first-order valence-electron chi connectivity index (χ1n) is 14.2. The van der Waals surface area contributed by atoms with E-state index < -0.39 is 34.3 Å². The first-order chi connectivity index (χ1) is 20.0. The van der Waals surface area contributed by atoms with Crippen LogP contribution in [-0.4, -0.2) is 43.8 Å². The number of benzene rings is 3. The minimum atomic E-state index is -4.21. The first-order valence-corrected chi connectivity index (χ1v) is 16.0. The van der Waals surface area contributed by atoms with E-state index in [0.717, 1.165) is 35.6 Å². The van der Waals surface area contributed by atoms with Crippen LogP contribution >= 0.6 is 11.6 Å². The second kappa shape index (κ2) is 13.7. The van der Waals surface area contributed by atoms with Gasteiger partial charge in [-0.05, 0) is 80.6 Å². The monoisotopic (exact) mass is 613 g/mol. The Morgan fingerprint density at radius 3 is 2.26 bits per heavy atom. The van der Waals surface area contributed by atoms with Crippen molar-refractivity contribution in [2.75, 3.05) is 10.8 Å². The van der Waals surface area contributed by atoms with Crippen LogP contribution in [-0.2, 0) is 26.2 Å². The molecule has 0 saturated heterocycles. The molecule has 1 fully saturated rings. The molecule has 0 aliphatic heterocycles. The summed E-state index contributed by atoms with van der Waals surface area (Å²) < 4.78 is 42.8. The Morgan fingerprint density at radius 1 is 1.00 bits per heavy atom. The molecule has 10 heteroatoms. The van der Waals surface area contributed by atoms with Gasteiger partial charge in [0, 0.05) is 17.6 Å². The van der Waals surface area contributed by atoms with E-state index in [1.807, 2.05) is 13.8 Å². The van der Waals surface area contributed by atoms with Crippen molar-refractivity contribution in [1.29, 1.82) is 0 Å². The lowest BCUT2D eigenvalue weighted by atomic mass is 10.1. The summed E-state index contributed by atoms with van der Waals surface area (Å²) >= 11 is 6.39. The van der Waals surface area contributed by atoms with Crippen LogP contribution in [0.15, 0.2) is 71.6 Å². The van der Waals surface area contributed by atoms with Crippen LogP contribution in [0.2, 0.25) is 5.02 Å². The fourth-order valence-electron chi connectivity index (χ4n) is 5.29. The number of sulfonamides is 1. The van der Waals surface area contributed by atoms with Crippen molar-refractivity contribution in [3.63, 3.8) is 0 Å². The SMILES string of the molecule is CCC(C(=O)NC1CCCC1)N(Cc1ccc(F)cc1)C(=O)CN(c1cccc(Cl)c1C)S(=O)(=O)c1ccc(C)cc1. The molecule has 2 amide bonds. The lowest BCUT2D eigenvalue weighted by Crippen LogP contribution is -2.53. The van der Waals surface area contributed by atoms with E-state index in [4.69, 9.17) is 11.6 Å². The maximum Gasteiger partial charge on any atom is 0.264 e. The summed E-state index contributed by atoms with van der Waals surface area (Å²) in [6.45, 7) is 4.80. The summed E-state index contributed by atoms with van der Waals surface area (Å²) in [6, 6.07) is 16.2. The van der Waals surface area contributed by atoms with Gasteiger partial charge < -0.3 is 10.2 Å². The zero-order chi connectivity index (χ0) is 30.4. The molecule has 1 aliphatic carbocycles. The average Bonchev–Trinajstić information content (AvgIpc) is 3.47. The molecule has 1 saturated carbocycles. The fraction of sp³-hybridized carbons (Fsp3) is 0.375. The van der Waals surface area contributed by atoms with Crippen molar-refractivity contribution in [2.24, 2.45) is 0 Å². The molecule has 0 aromatic heterocycles. The molecule has 3 aromatic carbocycles. The van der Waals surface area contributed by atoms with Crippen molar-refractivity contribution in [3.8, 4) is 0 Å². The molecule has 0 radical (unpaired) electrons. The van der Waals surface area contributed by atoms with Gasteiger partial charge >= 0.3 is 0 Å². The summed E-state index contributed by atoms with van der Waals surface area (Å²) in [6.07, 6.45) is 4.14. The van der Waals surface area contributed by atoms with Crippen molar-refractivity contribution in [2.45, 2.75) is 76.4 Å². The summed E-state index contributed by atoms with van der Waals surface area (Å²) in [5.74, 6) is -1.27. The highest BCUT2D eigenvalue weighted by atomic mass is 35.5. The molecule has 224 valence electrons. The smallest absolute Gasteiger partial charge is 0.264 e. The third kappa shape index (κ3) is 7.31. The number of hydrogen-bond donors (Lipinski definition) is 1. The van der Waals surface area contributed by atoms with Gasteiger partial charge in [0.25, 0.3) is 10.0 Å². The van der Waals surface area contributed by atoms with Crippen LogP contribution in [0.5, 0.6) is 0 Å². The number of aryl methyl sites for hydroxylation is 1. The molecule has 1 atom stereocenters. The third-order valence-corrected chi connectivity index (χ3v) is 9.93. The van der Waals surface area contributed by atoms with Crippen molar-refractivity contribution in [3.05, 3.63) is 94.3 Å². The van der Waals surface area contributed by atoms with Gasteiger partial charge in [-0.2, -0.15) is 0 Å². The Kier molecular flexibility index (Phi) is 10.3. The van der Waals surface area contributed by atoms with Crippen LogP contribution in [0, 0.1) is 19.7 Å². The second-order valence-electron chi connectivity index (χ2n) is 10.8. The standard InChI is InChI=1S/C32H37ClFN3O4S/c1-4-29(32(39)35-26-8-5-6-9-26)36(20-24-14-16-25(34)17-15-24)31(38)21-37(30-11-7-10-28(33)23(30)3)42(40,41)27-18-12-22(2)13-19-27/h7,10-19,26,29H,4-6,8-9,20-21H2,1-3H3,(H,35,39). The Morgan fingerprint density at radius 2 is 1.64 bits per heavy atom. The lowest BCUT2D eigenvalue weighted by molar-refractivity contribution is -0.140. The molecular weight excluding hydrogens is 577 g/mol. The van der Waals surface area contributed by atoms with Gasteiger partial charge in [-0.1, -0.05) is 67.3 Å². The Hall–Kier alpha value is -3.43. The molecular formula is C32H37ClFN3O4S. The molecule has 1 unspecified atom stereocenters. The fourth-order valence-corrected chi connectivity index (χ4v) is 6.93. The second-order valence-corrected chi connectivity index (χ2v) is 13.0. The van der Waals surface area contributed by atoms with Gasteiger partial charge in [0.1, 0.15) is 18.4 Å². The topological polar surface area (TPSA) is 86.8 Å². The van der Waals surface area contributed by atoms with Crippen molar-refractivity contribution >= 4 is 39.1 Å². The third-order valence-electron chi connectivity index (χ3n) is 7.75. The zero-order valence-electron chi connectivity index (χ0n) is 24.1. The zero-order valence-corrected chi connectivity index (χ0v) is 25.7. The number of anilines is 1. The summed E-state index contributed by atoms with van der Waals surface area (Å²) in [4.78, 5) is 29.1. The van der Waals surface area contributed by atoms with E-state index in [1.165, 1.54) is 29.2 Å². The molecule has 1 aliphatic rings. The molecule has 3 aromatic rings. The van der Waals surface area contributed by atoms with Crippen LogP contribution in [0.25, 0.3) is 0 Å². The van der Waals surface area contributed by atoms with Gasteiger partial charge in [0.2, 0.25) is 11.8 Å². The lowest BCUT2D eigenvalue weighted by Gasteiger charge is -2.34. The number of nitrogens with zero attached hydrogens (tertiary/aromatic N) is 2. The number of nitrogens with one attached hydrogen (secondary N) is 1. The van der Waals surface area contributed by atoms with E-state index in [-0.39, 0.29) is 29.1 Å². The van der Waals surface area contributed by atoms with Gasteiger partial charge in [0.15, 0.2) is 0 Å². The molecule has 0 spiro atoms. The first kappa shape index (κ1) is 31.5. The Labute approximate surface area is 252 Å². The Balaban J connectivity index is 1.74. The van der Waals surface area contributed by atoms with E-state index in [0.29, 0.717) is 22.6 Å². The highest BCUT2D eigenvalue weighted by molar-refractivity contribution is 7.92. The largest absolute Gasteiger partial charge is 0.352 e. The van der Waals surface area contributed by atoms with Crippen LogP contribution < -0.4 is 9.62 Å². The minimum absolute atomic E-state index is 0.00263. The van der Waals surface area contributed by atoms with Gasteiger partial charge in [0.05, 0.1) is 10.6 Å². The summed E-state index contributed by atoms with van der Waals surface area (Å²) in [5.41, 5.74) is 2.27. The van der Waals surface area contributed by atoms with E-state index in [9.17, 15) is 22.4 Å². The summed E-state index contributed by atoms with van der Waals surface area (Å²) in [5, 5.41) is 3.44. The number of halogens is 2. The van der Waals surface area contributed by atoms with E-state index in [2.05, 4.69) is 5.32 Å².